The topological polar surface area (TPSA) is 79.3 Å². The molecule has 1 atom stereocenters. The van der Waals surface area contributed by atoms with Gasteiger partial charge in [0.2, 0.25) is 11.8 Å². The van der Waals surface area contributed by atoms with E-state index in [1.54, 1.807) is 19.3 Å². The van der Waals surface area contributed by atoms with Crippen LogP contribution in [0, 0.1) is 0 Å². The molecule has 1 fully saturated rings. The van der Waals surface area contributed by atoms with Gasteiger partial charge in [-0.25, -0.2) is 9.97 Å². The van der Waals surface area contributed by atoms with Gasteiger partial charge in [-0.2, -0.15) is 0 Å². The summed E-state index contributed by atoms with van der Waals surface area (Å²) < 4.78 is 0. The summed E-state index contributed by atoms with van der Waals surface area (Å²) in [5.74, 6) is 0.991. The maximum Gasteiger partial charge on any atom is 0.223 e. The Morgan fingerprint density at radius 2 is 2.00 bits per heavy atom. The van der Waals surface area contributed by atoms with Crippen LogP contribution in [0.5, 0.6) is 0 Å². The Balaban J connectivity index is 1.47. The molecule has 2 aromatic heterocycles. The molecule has 0 spiro atoms. The molecule has 0 saturated carbocycles. The van der Waals surface area contributed by atoms with E-state index in [0.29, 0.717) is 19.5 Å². The van der Waals surface area contributed by atoms with Crippen LogP contribution in [0.15, 0.2) is 30.7 Å². The maximum absolute atomic E-state index is 13.0. The Bertz CT molecular complexity index is 886. The molecule has 29 heavy (non-hydrogen) atoms. The first-order chi connectivity index (χ1) is 14.1. The number of pyridine rings is 1. The van der Waals surface area contributed by atoms with Crippen molar-refractivity contribution >= 4 is 11.8 Å². The minimum absolute atomic E-state index is 0.0511. The van der Waals surface area contributed by atoms with Gasteiger partial charge in [0.1, 0.15) is 0 Å². The number of fused-ring (bicyclic) bond motifs is 1. The van der Waals surface area contributed by atoms with E-state index in [1.807, 2.05) is 28.1 Å². The molecule has 2 aliphatic rings. The summed E-state index contributed by atoms with van der Waals surface area (Å²) >= 11 is 0. The zero-order valence-corrected chi connectivity index (χ0v) is 16.9. The van der Waals surface area contributed by atoms with Crippen molar-refractivity contribution in [1.82, 2.24) is 24.8 Å². The molecule has 0 aromatic carbocycles. The molecule has 0 N–H and O–H groups in total. The first-order valence-electron chi connectivity index (χ1n) is 10.4. The van der Waals surface area contributed by atoms with Crippen molar-refractivity contribution in [2.24, 2.45) is 0 Å². The van der Waals surface area contributed by atoms with Gasteiger partial charge in [-0.1, -0.05) is 0 Å². The largest absolute Gasteiger partial charge is 0.338 e. The number of aromatic nitrogens is 3. The number of hydrogen-bond donors (Lipinski definition) is 0. The van der Waals surface area contributed by atoms with E-state index in [-0.39, 0.29) is 17.9 Å². The third-order valence-corrected chi connectivity index (χ3v) is 5.90. The number of nitrogens with zero attached hydrogens (tertiary/aromatic N) is 5. The van der Waals surface area contributed by atoms with Crippen molar-refractivity contribution in [1.29, 1.82) is 0 Å². The van der Waals surface area contributed by atoms with Crippen molar-refractivity contribution in [3.63, 3.8) is 0 Å². The van der Waals surface area contributed by atoms with Gasteiger partial charge in [0.25, 0.3) is 0 Å². The highest BCUT2D eigenvalue weighted by atomic mass is 16.2. The zero-order valence-electron chi connectivity index (χ0n) is 16.9. The van der Waals surface area contributed by atoms with Crippen LogP contribution in [0.4, 0.5) is 0 Å². The zero-order chi connectivity index (χ0) is 20.2. The molecule has 7 heteroatoms. The summed E-state index contributed by atoms with van der Waals surface area (Å²) in [4.78, 5) is 41.9. The van der Waals surface area contributed by atoms with E-state index < -0.39 is 0 Å². The SMILES string of the molecule is CC(=O)N1CCc2nc([C@@H]3CCCCN3C(=O)CCc3ccncc3)ncc2C1. The van der Waals surface area contributed by atoms with E-state index in [0.717, 1.165) is 61.3 Å². The third-order valence-electron chi connectivity index (χ3n) is 5.90. The normalized spacial score (nSPS) is 19.0. The number of piperidine rings is 1. The van der Waals surface area contributed by atoms with Crippen molar-refractivity contribution in [3.05, 3.63) is 53.4 Å². The average Bonchev–Trinajstić information content (AvgIpc) is 2.77. The minimum atomic E-state index is -0.0511. The molecule has 0 radical (unpaired) electrons. The number of carbonyl (C=O) groups excluding carboxylic acids is 2. The first-order valence-corrected chi connectivity index (χ1v) is 10.4. The van der Waals surface area contributed by atoms with Crippen molar-refractivity contribution < 1.29 is 9.59 Å². The Morgan fingerprint density at radius 3 is 2.79 bits per heavy atom. The Labute approximate surface area is 171 Å². The van der Waals surface area contributed by atoms with Crippen molar-refractivity contribution in [3.8, 4) is 0 Å². The van der Waals surface area contributed by atoms with Crippen LogP contribution >= 0.6 is 0 Å². The predicted molar refractivity (Wildman–Crippen MR) is 108 cm³/mol. The van der Waals surface area contributed by atoms with Crippen LogP contribution in [-0.4, -0.2) is 49.7 Å². The average molecular weight is 393 g/mol. The Kier molecular flexibility index (Phi) is 5.83. The molecule has 0 bridgehead atoms. The summed E-state index contributed by atoms with van der Waals surface area (Å²) in [6.07, 6.45) is 10.3. The highest BCUT2D eigenvalue weighted by Crippen LogP contribution is 2.30. The standard InChI is InChI=1S/C22H27N5O2/c1-16(28)26-13-9-19-18(15-26)14-24-22(25-19)20-4-2-3-12-27(20)21(29)6-5-17-7-10-23-11-8-17/h7-8,10-11,14,20H,2-6,9,12-13,15H2,1H3/t20-/m0/s1. The molecular formula is C22H27N5O2. The van der Waals surface area contributed by atoms with Gasteiger partial charge in [-0.05, 0) is 43.4 Å². The second kappa shape index (κ2) is 8.68. The van der Waals surface area contributed by atoms with E-state index in [9.17, 15) is 9.59 Å². The molecule has 7 nitrogen and oxygen atoms in total. The lowest BCUT2D eigenvalue weighted by Gasteiger charge is -2.35. The third kappa shape index (κ3) is 4.44. The van der Waals surface area contributed by atoms with Gasteiger partial charge >= 0.3 is 0 Å². The molecule has 0 unspecified atom stereocenters. The van der Waals surface area contributed by atoms with Gasteiger partial charge in [-0.3, -0.25) is 14.6 Å². The van der Waals surface area contributed by atoms with Crippen LogP contribution < -0.4 is 0 Å². The second-order valence-electron chi connectivity index (χ2n) is 7.84. The smallest absolute Gasteiger partial charge is 0.223 e. The van der Waals surface area contributed by atoms with Gasteiger partial charge in [0.05, 0.1) is 11.7 Å². The number of carbonyl (C=O) groups is 2. The molecule has 2 aromatic rings. The number of likely N-dealkylation sites (tertiary alicyclic amines) is 1. The minimum Gasteiger partial charge on any atom is -0.338 e. The number of aryl methyl sites for hydroxylation is 1. The Morgan fingerprint density at radius 1 is 1.17 bits per heavy atom. The molecule has 1 saturated heterocycles. The Hall–Kier alpha value is -2.83. The van der Waals surface area contributed by atoms with Crippen LogP contribution in [0.2, 0.25) is 0 Å². The maximum atomic E-state index is 13.0. The van der Waals surface area contributed by atoms with Crippen LogP contribution in [0.25, 0.3) is 0 Å². The van der Waals surface area contributed by atoms with Gasteiger partial charge in [0.15, 0.2) is 5.82 Å². The first kappa shape index (κ1) is 19.5. The molecular weight excluding hydrogens is 366 g/mol. The van der Waals surface area contributed by atoms with Gasteiger partial charge in [0, 0.05) is 63.6 Å². The quantitative estimate of drug-likeness (QED) is 0.797. The van der Waals surface area contributed by atoms with Gasteiger partial charge in [-0.15, -0.1) is 0 Å². The molecule has 4 rings (SSSR count). The van der Waals surface area contributed by atoms with Crippen LogP contribution in [0.3, 0.4) is 0 Å². The lowest BCUT2D eigenvalue weighted by Crippen LogP contribution is -2.40. The monoisotopic (exact) mass is 393 g/mol. The fraction of sp³-hybridized carbons (Fsp3) is 0.500. The number of rotatable bonds is 4. The van der Waals surface area contributed by atoms with Crippen molar-refractivity contribution in [2.75, 3.05) is 13.1 Å². The van der Waals surface area contributed by atoms with Crippen molar-refractivity contribution in [2.45, 2.75) is 58.0 Å². The fourth-order valence-corrected chi connectivity index (χ4v) is 4.20. The van der Waals surface area contributed by atoms with E-state index in [1.165, 1.54) is 0 Å². The molecule has 2 amide bonds. The molecule has 0 aliphatic carbocycles. The fourth-order valence-electron chi connectivity index (χ4n) is 4.20. The second-order valence-corrected chi connectivity index (χ2v) is 7.84. The van der Waals surface area contributed by atoms with E-state index in [4.69, 9.17) is 4.98 Å². The van der Waals surface area contributed by atoms with Crippen LogP contribution in [-0.2, 0) is 29.0 Å². The van der Waals surface area contributed by atoms with E-state index >= 15 is 0 Å². The van der Waals surface area contributed by atoms with Gasteiger partial charge < -0.3 is 9.80 Å². The summed E-state index contributed by atoms with van der Waals surface area (Å²) in [6, 6.07) is 3.86. The summed E-state index contributed by atoms with van der Waals surface area (Å²) in [5, 5.41) is 0. The molecule has 2 aliphatic heterocycles. The van der Waals surface area contributed by atoms with E-state index in [2.05, 4.69) is 9.97 Å². The lowest BCUT2D eigenvalue weighted by atomic mass is 9.99. The lowest BCUT2D eigenvalue weighted by molar-refractivity contribution is -0.135. The van der Waals surface area contributed by atoms with Crippen LogP contribution in [0.1, 0.15) is 61.3 Å². The predicted octanol–water partition coefficient (Wildman–Crippen LogP) is 2.46. The summed E-state index contributed by atoms with van der Waals surface area (Å²) in [7, 11) is 0. The molecule has 4 heterocycles. The summed E-state index contributed by atoms with van der Waals surface area (Å²) in [5.41, 5.74) is 3.16. The molecule has 152 valence electrons. The number of hydrogen-bond acceptors (Lipinski definition) is 5. The highest BCUT2D eigenvalue weighted by Gasteiger charge is 2.31. The highest BCUT2D eigenvalue weighted by molar-refractivity contribution is 5.77. The number of amides is 2. The summed E-state index contributed by atoms with van der Waals surface area (Å²) in [6.45, 7) is 3.62.